The van der Waals surface area contributed by atoms with Gasteiger partial charge in [-0.05, 0) is 125 Å². The van der Waals surface area contributed by atoms with Crippen LogP contribution in [0.25, 0.3) is 0 Å². The molecule has 0 saturated carbocycles. The normalized spacial score (nSPS) is 41.0. The van der Waals surface area contributed by atoms with Crippen molar-refractivity contribution in [2.24, 2.45) is 23.7 Å². The van der Waals surface area contributed by atoms with Crippen LogP contribution in [0.15, 0.2) is 0 Å². The molecule has 0 N–H and O–H groups in total. The molecule has 3 saturated heterocycles. The van der Waals surface area contributed by atoms with Crippen molar-refractivity contribution >= 4 is 0 Å². The molecule has 0 radical (unpaired) electrons. The molecule has 3 rings (SSSR count). The van der Waals surface area contributed by atoms with Gasteiger partial charge in [0.2, 0.25) is 0 Å². The molecule has 3 nitrogen and oxygen atoms in total. The summed E-state index contributed by atoms with van der Waals surface area (Å²) in [5.74, 6) is 3.23. The number of nitrogens with zero attached hydrogens (tertiary/aromatic N) is 3. The van der Waals surface area contributed by atoms with E-state index in [1.165, 1.54) is 45.2 Å². The molecular formula is C30H59N3. The first-order chi connectivity index (χ1) is 15.2. The lowest BCUT2D eigenvalue weighted by molar-refractivity contribution is -0.0977. The van der Waals surface area contributed by atoms with Crippen molar-refractivity contribution in [1.82, 2.24) is 14.7 Å². The Morgan fingerprint density at radius 2 is 0.970 bits per heavy atom. The quantitative estimate of drug-likeness (QED) is 0.440. The van der Waals surface area contributed by atoms with Gasteiger partial charge in [0.15, 0.2) is 0 Å². The Morgan fingerprint density at radius 1 is 0.576 bits per heavy atom. The summed E-state index contributed by atoms with van der Waals surface area (Å²) in [4.78, 5) is 8.58. The van der Waals surface area contributed by atoms with Gasteiger partial charge in [-0.25, -0.2) is 0 Å². The summed E-state index contributed by atoms with van der Waals surface area (Å²) in [5, 5.41) is 0. The molecule has 3 aliphatic heterocycles. The molecule has 3 heteroatoms. The van der Waals surface area contributed by atoms with Crippen LogP contribution in [0.3, 0.4) is 0 Å². The van der Waals surface area contributed by atoms with E-state index in [1.54, 1.807) is 0 Å². The molecule has 0 bridgehead atoms. The van der Waals surface area contributed by atoms with Crippen LogP contribution in [0.1, 0.15) is 115 Å². The van der Waals surface area contributed by atoms with Gasteiger partial charge >= 0.3 is 0 Å². The Labute approximate surface area is 208 Å². The first kappa shape index (κ1) is 27.5. The third-order valence-corrected chi connectivity index (χ3v) is 10.4. The van der Waals surface area contributed by atoms with Crippen molar-refractivity contribution in [3.8, 4) is 0 Å². The minimum Gasteiger partial charge on any atom is -0.297 e. The van der Waals surface area contributed by atoms with Gasteiger partial charge in [-0.1, -0.05) is 13.8 Å². The van der Waals surface area contributed by atoms with Crippen LogP contribution in [0.2, 0.25) is 0 Å². The second-order valence-corrected chi connectivity index (χ2v) is 14.3. The topological polar surface area (TPSA) is 9.72 Å². The molecule has 0 aromatic carbocycles. The van der Waals surface area contributed by atoms with E-state index in [-0.39, 0.29) is 5.54 Å². The third kappa shape index (κ3) is 5.51. The van der Waals surface area contributed by atoms with Crippen molar-refractivity contribution in [2.75, 3.05) is 13.1 Å². The Kier molecular flexibility index (Phi) is 8.40. The highest BCUT2D eigenvalue weighted by molar-refractivity contribution is 5.04. The highest BCUT2D eigenvalue weighted by Crippen LogP contribution is 2.46. The van der Waals surface area contributed by atoms with Crippen LogP contribution in [0.5, 0.6) is 0 Å². The maximum atomic E-state index is 2.95. The monoisotopic (exact) mass is 461 g/mol. The Balaban J connectivity index is 1.73. The van der Waals surface area contributed by atoms with Crippen LogP contribution in [-0.4, -0.2) is 69.1 Å². The number of likely N-dealkylation sites (tertiary alicyclic amines) is 3. The van der Waals surface area contributed by atoms with Crippen LogP contribution >= 0.6 is 0 Å². The summed E-state index contributed by atoms with van der Waals surface area (Å²) < 4.78 is 0. The summed E-state index contributed by atoms with van der Waals surface area (Å²) in [6.45, 7) is 32.6. The van der Waals surface area contributed by atoms with E-state index in [1.807, 2.05) is 0 Å². The van der Waals surface area contributed by atoms with E-state index in [2.05, 4.69) is 97.8 Å². The van der Waals surface area contributed by atoms with Crippen LogP contribution in [-0.2, 0) is 0 Å². The maximum absolute atomic E-state index is 2.95. The standard InChI is InChI=1S/C30H59N3/c1-20(2)32-23(5)14-28(15-24(32)6)30(11,12)33-25(7)16-27(17-26(33)8)29(9,10)31-18-21(3)13-22(4)19-31/h20-28H,13-19H2,1-12H3/t21-,22+,23-,24+,25-,26-,28?/m0/s1. The van der Waals surface area contributed by atoms with Gasteiger partial charge in [-0.15, -0.1) is 0 Å². The molecule has 0 aliphatic carbocycles. The zero-order valence-electron chi connectivity index (χ0n) is 24.5. The molecule has 3 fully saturated rings. The summed E-state index contributed by atoms with van der Waals surface area (Å²) in [7, 11) is 0. The average molecular weight is 462 g/mol. The number of hydrogen-bond acceptors (Lipinski definition) is 3. The fourth-order valence-corrected chi connectivity index (χ4v) is 9.09. The lowest BCUT2D eigenvalue weighted by atomic mass is 9.69. The highest BCUT2D eigenvalue weighted by atomic mass is 15.3. The van der Waals surface area contributed by atoms with E-state index in [0.29, 0.717) is 35.7 Å². The molecule has 0 aromatic heterocycles. The third-order valence-electron chi connectivity index (χ3n) is 10.4. The lowest BCUT2D eigenvalue weighted by Gasteiger charge is -2.59. The largest absolute Gasteiger partial charge is 0.297 e. The minimum atomic E-state index is 0.258. The van der Waals surface area contributed by atoms with Crippen LogP contribution in [0.4, 0.5) is 0 Å². The zero-order chi connectivity index (χ0) is 24.9. The minimum absolute atomic E-state index is 0.258. The second kappa shape index (κ2) is 10.1. The van der Waals surface area contributed by atoms with E-state index in [0.717, 1.165) is 23.7 Å². The lowest BCUT2D eigenvalue weighted by Crippen LogP contribution is -2.65. The molecule has 3 heterocycles. The van der Waals surface area contributed by atoms with Gasteiger partial charge in [-0.2, -0.15) is 0 Å². The fourth-order valence-electron chi connectivity index (χ4n) is 9.09. The molecule has 7 atom stereocenters. The molecule has 3 aliphatic rings. The average Bonchev–Trinajstić information content (AvgIpc) is 2.65. The summed E-state index contributed by atoms with van der Waals surface area (Å²) in [6, 6.07) is 3.32. The molecule has 33 heavy (non-hydrogen) atoms. The summed E-state index contributed by atoms with van der Waals surface area (Å²) >= 11 is 0. The van der Waals surface area contributed by atoms with E-state index >= 15 is 0 Å². The predicted molar refractivity (Wildman–Crippen MR) is 145 cm³/mol. The molecule has 0 amide bonds. The van der Waals surface area contributed by atoms with E-state index < -0.39 is 0 Å². The molecule has 0 spiro atoms. The summed E-state index contributed by atoms with van der Waals surface area (Å²) in [6.07, 6.45) is 6.76. The zero-order valence-corrected chi connectivity index (χ0v) is 24.5. The van der Waals surface area contributed by atoms with E-state index in [4.69, 9.17) is 0 Å². The van der Waals surface area contributed by atoms with Crippen molar-refractivity contribution < 1.29 is 0 Å². The van der Waals surface area contributed by atoms with Gasteiger partial charge in [0, 0.05) is 54.4 Å². The number of hydrogen-bond donors (Lipinski definition) is 0. The first-order valence-corrected chi connectivity index (χ1v) is 14.5. The van der Waals surface area contributed by atoms with Gasteiger partial charge in [-0.3, -0.25) is 14.7 Å². The molecule has 1 unspecified atom stereocenters. The molecule has 0 aromatic rings. The predicted octanol–water partition coefficient (Wildman–Crippen LogP) is 6.91. The number of piperidine rings is 3. The first-order valence-electron chi connectivity index (χ1n) is 14.5. The van der Waals surface area contributed by atoms with Crippen LogP contribution in [0, 0.1) is 23.7 Å². The molecule has 194 valence electrons. The Bertz CT molecular complexity index is 606. The summed E-state index contributed by atoms with van der Waals surface area (Å²) in [5.41, 5.74) is 0.557. The smallest absolute Gasteiger partial charge is 0.0188 e. The maximum Gasteiger partial charge on any atom is 0.0188 e. The fraction of sp³-hybridized carbons (Fsp3) is 1.00. The van der Waals surface area contributed by atoms with Gasteiger partial charge < -0.3 is 0 Å². The van der Waals surface area contributed by atoms with Crippen molar-refractivity contribution in [2.45, 2.75) is 156 Å². The van der Waals surface area contributed by atoms with Crippen LogP contribution < -0.4 is 0 Å². The van der Waals surface area contributed by atoms with Crippen molar-refractivity contribution in [3.05, 3.63) is 0 Å². The van der Waals surface area contributed by atoms with Crippen molar-refractivity contribution in [3.63, 3.8) is 0 Å². The van der Waals surface area contributed by atoms with Gasteiger partial charge in [0.25, 0.3) is 0 Å². The van der Waals surface area contributed by atoms with Crippen molar-refractivity contribution in [1.29, 1.82) is 0 Å². The highest BCUT2D eigenvalue weighted by Gasteiger charge is 2.49. The number of rotatable bonds is 5. The second-order valence-electron chi connectivity index (χ2n) is 14.3. The Hall–Kier alpha value is -0.120. The van der Waals surface area contributed by atoms with Gasteiger partial charge in [0.05, 0.1) is 0 Å². The Morgan fingerprint density at radius 3 is 1.39 bits per heavy atom. The SMILES string of the molecule is CC(C)N1[C@H](C)CC(C(C)(C)N2[C@@H](C)CC(C(C)(C)N3C[C@H](C)C[C@H](C)C3)C[C@@H]2C)C[C@@H]1C. The van der Waals surface area contributed by atoms with Gasteiger partial charge in [0.1, 0.15) is 0 Å². The van der Waals surface area contributed by atoms with E-state index in [9.17, 15) is 0 Å². The molecular weight excluding hydrogens is 402 g/mol.